The van der Waals surface area contributed by atoms with Gasteiger partial charge in [-0.1, -0.05) is 23.8 Å². The van der Waals surface area contributed by atoms with Gasteiger partial charge < -0.3 is 16.6 Å². The van der Waals surface area contributed by atoms with Crippen molar-refractivity contribution in [1.29, 1.82) is 0 Å². The van der Waals surface area contributed by atoms with Gasteiger partial charge in [0.1, 0.15) is 11.6 Å². The van der Waals surface area contributed by atoms with Gasteiger partial charge in [0.05, 0.1) is 0 Å². The third-order valence-corrected chi connectivity index (χ3v) is 3.07. The Morgan fingerprint density at radius 1 is 1.25 bits per heavy atom. The third-order valence-electron chi connectivity index (χ3n) is 3.07. The highest BCUT2D eigenvalue weighted by Crippen LogP contribution is 2.28. The number of nitrogen functional groups attached to an aromatic ring is 2. The summed E-state index contributed by atoms with van der Waals surface area (Å²) in [4.78, 5) is 7.86. The molecule has 0 atom stereocenters. The average Bonchev–Trinajstić information content (AvgIpc) is 2.38. The summed E-state index contributed by atoms with van der Waals surface area (Å²) in [6.45, 7) is 5.68. The van der Waals surface area contributed by atoms with E-state index in [1.165, 1.54) is 0 Å². The van der Waals surface area contributed by atoms with Crippen molar-refractivity contribution in [2.24, 2.45) is 0 Å². The van der Waals surface area contributed by atoms with Crippen LogP contribution < -0.4 is 11.5 Å². The van der Waals surface area contributed by atoms with Crippen LogP contribution in [0.1, 0.15) is 22.3 Å². The SMILES string of the molecule is C=CCc1cc(C)cc(Cc2cnc(N)nc2N)c1O. The van der Waals surface area contributed by atoms with Gasteiger partial charge in [-0.3, -0.25) is 0 Å². The Kier molecular flexibility index (Phi) is 3.89. The molecule has 0 saturated carbocycles. The molecule has 0 aliphatic carbocycles. The normalized spacial score (nSPS) is 10.4. The summed E-state index contributed by atoms with van der Waals surface area (Å²) in [5.74, 6) is 0.752. The minimum absolute atomic E-state index is 0.145. The summed E-state index contributed by atoms with van der Waals surface area (Å²) >= 11 is 0. The molecular weight excluding hydrogens is 252 g/mol. The molecule has 0 aliphatic heterocycles. The van der Waals surface area contributed by atoms with Crippen molar-refractivity contribution in [2.75, 3.05) is 11.5 Å². The lowest BCUT2D eigenvalue weighted by Gasteiger charge is -2.11. The summed E-state index contributed by atoms with van der Waals surface area (Å²) < 4.78 is 0. The van der Waals surface area contributed by atoms with Crippen molar-refractivity contribution in [3.05, 3.63) is 53.2 Å². The maximum Gasteiger partial charge on any atom is 0.221 e. The Balaban J connectivity index is 2.40. The van der Waals surface area contributed by atoms with E-state index in [1.807, 2.05) is 19.1 Å². The molecule has 0 bridgehead atoms. The van der Waals surface area contributed by atoms with E-state index >= 15 is 0 Å². The lowest BCUT2D eigenvalue weighted by molar-refractivity contribution is 0.463. The highest BCUT2D eigenvalue weighted by molar-refractivity contribution is 5.50. The topological polar surface area (TPSA) is 98.0 Å². The molecule has 0 unspecified atom stereocenters. The van der Waals surface area contributed by atoms with Crippen LogP contribution in [0.25, 0.3) is 0 Å². The molecule has 1 aromatic heterocycles. The first-order chi connectivity index (χ1) is 9.51. The highest BCUT2D eigenvalue weighted by Gasteiger charge is 2.11. The minimum atomic E-state index is 0.145. The monoisotopic (exact) mass is 270 g/mol. The standard InChI is InChI=1S/C15H18N4O/c1-3-4-10-5-9(2)6-11(13(10)20)7-12-8-18-15(17)19-14(12)16/h3,5-6,8,20H,1,4,7H2,2H3,(H4,16,17,18,19). The Morgan fingerprint density at radius 3 is 2.60 bits per heavy atom. The summed E-state index contributed by atoms with van der Waals surface area (Å²) in [7, 11) is 0. The number of aromatic nitrogens is 2. The van der Waals surface area contributed by atoms with Crippen LogP contribution >= 0.6 is 0 Å². The fourth-order valence-corrected chi connectivity index (χ4v) is 2.16. The maximum atomic E-state index is 10.3. The molecule has 1 aromatic carbocycles. The summed E-state index contributed by atoms with van der Waals surface area (Å²) in [6, 6.07) is 3.88. The molecule has 0 aliphatic rings. The van der Waals surface area contributed by atoms with Crippen LogP contribution in [-0.4, -0.2) is 15.1 Å². The first kappa shape index (κ1) is 13.9. The van der Waals surface area contributed by atoms with Crippen LogP contribution in [0.5, 0.6) is 5.75 Å². The zero-order valence-corrected chi connectivity index (χ0v) is 11.4. The van der Waals surface area contributed by atoms with Crippen LogP contribution in [0.3, 0.4) is 0 Å². The van der Waals surface area contributed by atoms with Crippen LogP contribution in [0, 0.1) is 6.92 Å². The molecule has 2 rings (SSSR count). The van der Waals surface area contributed by atoms with Crippen molar-refractivity contribution in [3.8, 4) is 5.75 Å². The zero-order valence-electron chi connectivity index (χ0n) is 11.4. The molecule has 0 spiro atoms. The quantitative estimate of drug-likeness (QED) is 0.738. The first-order valence-corrected chi connectivity index (χ1v) is 6.30. The molecule has 0 saturated heterocycles. The molecular formula is C15H18N4O. The fraction of sp³-hybridized carbons (Fsp3) is 0.200. The van der Waals surface area contributed by atoms with Crippen LogP contribution in [0.2, 0.25) is 0 Å². The van der Waals surface area contributed by atoms with Crippen molar-refractivity contribution >= 4 is 11.8 Å². The number of aryl methyl sites for hydroxylation is 1. The molecule has 2 aromatic rings. The number of phenols is 1. The predicted molar refractivity (Wildman–Crippen MR) is 80.4 cm³/mol. The highest BCUT2D eigenvalue weighted by atomic mass is 16.3. The molecule has 104 valence electrons. The van der Waals surface area contributed by atoms with Gasteiger partial charge in [-0.15, -0.1) is 6.58 Å². The van der Waals surface area contributed by atoms with Gasteiger partial charge in [-0.2, -0.15) is 4.98 Å². The second kappa shape index (κ2) is 5.61. The second-order valence-electron chi connectivity index (χ2n) is 4.74. The lowest BCUT2D eigenvalue weighted by Crippen LogP contribution is -2.04. The summed E-state index contributed by atoms with van der Waals surface area (Å²) in [5.41, 5.74) is 14.8. The largest absolute Gasteiger partial charge is 0.507 e. The Morgan fingerprint density at radius 2 is 1.95 bits per heavy atom. The minimum Gasteiger partial charge on any atom is -0.507 e. The van der Waals surface area contributed by atoms with Gasteiger partial charge in [0, 0.05) is 18.2 Å². The number of anilines is 2. The molecule has 20 heavy (non-hydrogen) atoms. The Hall–Kier alpha value is -2.56. The fourth-order valence-electron chi connectivity index (χ4n) is 2.16. The number of aromatic hydroxyl groups is 1. The van der Waals surface area contributed by atoms with Crippen molar-refractivity contribution < 1.29 is 5.11 Å². The maximum absolute atomic E-state index is 10.3. The molecule has 0 amide bonds. The van der Waals surface area contributed by atoms with Crippen molar-refractivity contribution in [3.63, 3.8) is 0 Å². The number of phenolic OH excluding ortho intramolecular Hbond substituents is 1. The van der Waals surface area contributed by atoms with Gasteiger partial charge in [0.2, 0.25) is 5.95 Å². The molecule has 5 nitrogen and oxygen atoms in total. The second-order valence-corrected chi connectivity index (χ2v) is 4.74. The summed E-state index contributed by atoms with van der Waals surface area (Å²) in [5, 5.41) is 10.3. The van der Waals surface area contributed by atoms with E-state index in [9.17, 15) is 5.11 Å². The van der Waals surface area contributed by atoms with Gasteiger partial charge in [-0.25, -0.2) is 4.98 Å². The number of nitrogens with two attached hydrogens (primary N) is 2. The molecule has 5 heteroatoms. The number of allylic oxidation sites excluding steroid dienone is 1. The molecule has 5 N–H and O–H groups in total. The van der Waals surface area contributed by atoms with Gasteiger partial charge >= 0.3 is 0 Å². The summed E-state index contributed by atoms with van der Waals surface area (Å²) in [6.07, 6.45) is 4.43. The van der Waals surface area contributed by atoms with Gasteiger partial charge in [0.25, 0.3) is 0 Å². The number of rotatable bonds is 4. The van der Waals surface area contributed by atoms with Crippen molar-refractivity contribution in [1.82, 2.24) is 9.97 Å². The number of hydrogen-bond donors (Lipinski definition) is 3. The Bertz CT molecular complexity index is 653. The van der Waals surface area contributed by atoms with E-state index in [4.69, 9.17) is 11.5 Å². The smallest absolute Gasteiger partial charge is 0.221 e. The van der Waals surface area contributed by atoms with Crippen molar-refractivity contribution in [2.45, 2.75) is 19.8 Å². The third kappa shape index (κ3) is 2.88. The number of benzene rings is 1. The van der Waals surface area contributed by atoms with Crippen LogP contribution in [-0.2, 0) is 12.8 Å². The lowest BCUT2D eigenvalue weighted by atomic mass is 9.98. The van der Waals surface area contributed by atoms with E-state index < -0.39 is 0 Å². The van der Waals surface area contributed by atoms with E-state index in [-0.39, 0.29) is 11.7 Å². The zero-order chi connectivity index (χ0) is 14.7. The van der Waals surface area contributed by atoms with Crippen LogP contribution in [0.4, 0.5) is 11.8 Å². The average molecular weight is 270 g/mol. The van der Waals surface area contributed by atoms with Gasteiger partial charge in [0.15, 0.2) is 0 Å². The Labute approximate surface area is 118 Å². The number of nitrogens with zero attached hydrogens (tertiary/aromatic N) is 2. The van der Waals surface area contributed by atoms with Crippen LogP contribution in [0.15, 0.2) is 31.0 Å². The molecule has 0 fully saturated rings. The van der Waals surface area contributed by atoms with E-state index in [0.717, 1.165) is 22.3 Å². The first-order valence-electron chi connectivity index (χ1n) is 6.30. The molecule has 0 radical (unpaired) electrons. The predicted octanol–water partition coefficient (Wildman–Crippen LogP) is 1.97. The molecule has 1 heterocycles. The van der Waals surface area contributed by atoms with E-state index in [1.54, 1.807) is 12.3 Å². The number of hydrogen-bond acceptors (Lipinski definition) is 5. The van der Waals surface area contributed by atoms with E-state index in [2.05, 4.69) is 16.5 Å². The van der Waals surface area contributed by atoms with Gasteiger partial charge in [-0.05, 0) is 24.5 Å². The van der Waals surface area contributed by atoms with E-state index in [0.29, 0.717) is 18.7 Å².